The van der Waals surface area contributed by atoms with Crippen molar-refractivity contribution in [2.45, 2.75) is 46.8 Å². The second-order valence-electron chi connectivity index (χ2n) is 5.47. The molecule has 1 fully saturated rings. The first kappa shape index (κ1) is 11.5. The maximum Gasteiger partial charge on any atom is 0.225 e. The topological polar surface area (TPSA) is 40.5 Å². The number of carbonyl (C=O) groups excluding carboxylic acids is 1. The first-order valence-electron chi connectivity index (χ1n) is 5.29. The summed E-state index contributed by atoms with van der Waals surface area (Å²) in [5, 5.41) is 9.83. The molecule has 0 saturated carbocycles. The van der Waals surface area contributed by atoms with Gasteiger partial charge >= 0.3 is 0 Å². The predicted octanol–water partition coefficient (Wildman–Crippen LogP) is 1.61. The van der Waals surface area contributed by atoms with Crippen molar-refractivity contribution in [3.63, 3.8) is 0 Å². The molecule has 82 valence electrons. The van der Waals surface area contributed by atoms with Crippen LogP contribution in [-0.2, 0) is 4.79 Å². The number of carbonyl (C=O) groups is 1. The molecule has 1 saturated heterocycles. The van der Waals surface area contributed by atoms with Gasteiger partial charge in [0.1, 0.15) is 6.23 Å². The SMILES string of the molecule is CC(C)CN1C(=O)CC(C)(C)C[C@@H]1O. The molecule has 0 aliphatic carbocycles. The summed E-state index contributed by atoms with van der Waals surface area (Å²) in [6, 6.07) is 0. The molecule has 1 aliphatic rings. The number of nitrogens with zero attached hydrogens (tertiary/aromatic N) is 1. The summed E-state index contributed by atoms with van der Waals surface area (Å²) < 4.78 is 0. The van der Waals surface area contributed by atoms with Crippen molar-refractivity contribution in [3.05, 3.63) is 0 Å². The van der Waals surface area contributed by atoms with E-state index in [1.54, 1.807) is 4.90 Å². The monoisotopic (exact) mass is 199 g/mol. The van der Waals surface area contributed by atoms with Gasteiger partial charge in [0.05, 0.1) is 0 Å². The van der Waals surface area contributed by atoms with Gasteiger partial charge in [-0.15, -0.1) is 0 Å². The average Bonchev–Trinajstić information content (AvgIpc) is 1.94. The van der Waals surface area contributed by atoms with E-state index in [-0.39, 0.29) is 11.3 Å². The minimum atomic E-state index is -0.589. The van der Waals surface area contributed by atoms with E-state index in [9.17, 15) is 9.90 Å². The number of aliphatic hydroxyl groups is 1. The third kappa shape index (κ3) is 2.71. The molecule has 1 heterocycles. The summed E-state index contributed by atoms with van der Waals surface area (Å²) in [6.45, 7) is 8.83. The summed E-state index contributed by atoms with van der Waals surface area (Å²) in [6.07, 6.45) is 0.649. The van der Waals surface area contributed by atoms with Crippen LogP contribution in [0.2, 0.25) is 0 Å². The Balaban J connectivity index is 2.66. The summed E-state index contributed by atoms with van der Waals surface area (Å²) in [4.78, 5) is 13.3. The van der Waals surface area contributed by atoms with Crippen molar-refractivity contribution in [3.8, 4) is 0 Å². The van der Waals surface area contributed by atoms with Crippen LogP contribution in [0, 0.1) is 11.3 Å². The molecule has 3 heteroatoms. The van der Waals surface area contributed by atoms with E-state index in [2.05, 4.69) is 13.8 Å². The Kier molecular flexibility index (Phi) is 3.20. The zero-order valence-electron chi connectivity index (χ0n) is 9.58. The lowest BCUT2D eigenvalue weighted by Gasteiger charge is -2.41. The normalized spacial score (nSPS) is 27.1. The van der Waals surface area contributed by atoms with Crippen LogP contribution in [0.1, 0.15) is 40.5 Å². The van der Waals surface area contributed by atoms with Gasteiger partial charge < -0.3 is 10.0 Å². The number of likely N-dealkylation sites (tertiary alicyclic amines) is 1. The molecule has 3 nitrogen and oxygen atoms in total. The minimum Gasteiger partial charge on any atom is -0.374 e. The molecule has 1 rings (SSSR count). The molecule has 1 N–H and O–H groups in total. The van der Waals surface area contributed by atoms with E-state index in [0.717, 1.165) is 0 Å². The van der Waals surface area contributed by atoms with Crippen LogP contribution in [0.25, 0.3) is 0 Å². The smallest absolute Gasteiger partial charge is 0.225 e. The zero-order chi connectivity index (χ0) is 10.9. The summed E-state index contributed by atoms with van der Waals surface area (Å²) in [5.74, 6) is 0.497. The Morgan fingerprint density at radius 1 is 1.57 bits per heavy atom. The van der Waals surface area contributed by atoms with Crippen molar-refractivity contribution >= 4 is 5.91 Å². The molecule has 1 aliphatic heterocycles. The maximum atomic E-state index is 11.7. The maximum absolute atomic E-state index is 11.7. The summed E-state index contributed by atoms with van der Waals surface area (Å²) >= 11 is 0. The van der Waals surface area contributed by atoms with Crippen molar-refractivity contribution in [2.75, 3.05) is 6.54 Å². The van der Waals surface area contributed by atoms with Gasteiger partial charge in [0.25, 0.3) is 0 Å². The van der Waals surface area contributed by atoms with Crippen LogP contribution >= 0.6 is 0 Å². The van der Waals surface area contributed by atoms with Crippen LogP contribution < -0.4 is 0 Å². The van der Waals surface area contributed by atoms with Crippen molar-refractivity contribution in [1.82, 2.24) is 4.90 Å². The second-order valence-corrected chi connectivity index (χ2v) is 5.47. The number of rotatable bonds is 2. The standard InChI is InChI=1S/C11H21NO2/c1-8(2)7-12-9(13)5-11(3,4)6-10(12)14/h8-9,13H,5-7H2,1-4H3/t9-/m0/s1. The Labute approximate surface area is 86.1 Å². The Hall–Kier alpha value is -0.570. The largest absolute Gasteiger partial charge is 0.374 e. The fourth-order valence-corrected chi connectivity index (χ4v) is 1.97. The molecule has 0 radical (unpaired) electrons. The van der Waals surface area contributed by atoms with Gasteiger partial charge in [-0.3, -0.25) is 4.79 Å². The molecule has 0 unspecified atom stereocenters. The first-order valence-corrected chi connectivity index (χ1v) is 5.29. The number of hydrogen-bond acceptors (Lipinski definition) is 2. The first-order chi connectivity index (χ1) is 6.32. The highest BCUT2D eigenvalue weighted by Crippen LogP contribution is 2.33. The van der Waals surface area contributed by atoms with Gasteiger partial charge in [0, 0.05) is 13.0 Å². The fourth-order valence-electron chi connectivity index (χ4n) is 1.97. The Morgan fingerprint density at radius 3 is 2.57 bits per heavy atom. The lowest BCUT2D eigenvalue weighted by Crippen LogP contribution is -2.50. The molecule has 0 aromatic heterocycles. The second kappa shape index (κ2) is 3.89. The molecule has 0 aromatic rings. The van der Waals surface area contributed by atoms with Crippen LogP contribution in [-0.4, -0.2) is 28.7 Å². The van der Waals surface area contributed by atoms with Crippen molar-refractivity contribution in [2.24, 2.45) is 11.3 Å². The highest BCUT2D eigenvalue weighted by molar-refractivity contribution is 5.78. The van der Waals surface area contributed by atoms with Gasteiger partial charge in [-0.1, -0.05) is 27.7 Å². The highest BCUT2D eigenvalue weighted by atomic mass is 16.3. The number of amides is 1. The summed E-state index contributed by atoms with van der Waals surface area (Å²) in [7, 11) is 0. The molecular weight excluding hydrogens is 178 g/mol. The van der Waals surface area contributed by atoms with E-state index in [1.165, 1.54) is 0 Å². The van der Waals surface area contributed by atoms with Crippen LogP contribution in [0.15, 0.2) is 0 Å². The number of aliphatic hydroxyl groups excluding tert-OH is 1. The lowest BCUT2D eigenvalue weighted by atomic mass is 9.81. The molecule has 14 heavy (non-hydrogen) atoms. The Morgan fingerprint density at radius 2 is 2.14 bits per heavy atom. The highest BCUT2D eigenvalue weighted by Gasteiger charge is 2.37. The van der Waals surface area contributed by atoms with E-state index < -0.39 is 6.23 Å². The molecule has 0 spiro atoms. The van der Waals surface area contributed by atoms with E-state index in [4.69, 9.17) is 0 Å². The van der Waals surface area contributed by atoms with Gasteiger partial charge in [0.15, 0.2) is 0 Å². The van der Waals surface area contributed by atoms with Crippen molar-refractivity contribution < 1.29 is 9.90 Å². The average molecular weight is 199 g/mol. The Bertz CT molecular complexity index is 223. The predicted molar refractivity (Wildman–Crippen MR) is 55.6 cm³/mol. The van der Waals surface area contributed by atoms with Crippen molar-refractivity contribution in [1.29, 1.82) is 0 Å². The zero-order valence-corrected chi connectivity index (χ0v) is 9.58. The van der Waals surface area contributed by atoms with Gasteiger partial charge in [0.2, 0.25) is 5.91 Å². The molecule has 0 bridgehead atoms. The van der Waals surface area contributed by atoms with E-state index in [0.29, 0.717) is 25.3 Å². The molecule has 1 amide bonds. The fraction of sp³-hybridized carbons (Fsp3) is 0.909. The lowest BCUT2D eigenvalue weighted by molar-refractivity contribution is -0.155. The van der Waals surface area contributed by atoms with Crippen LogP contribution in [0.5, 0.6) is 0 Å². The third-order valence-corrected chi connectivity index (χ3v) is 2.61. The third-order valence-electron chi connectivity index (χ3n) is 2.61. The van der Waals surface area contributed by atoms with E-state index >= 15 is 0 Å². The molecule has 0 aromatic carbocycles. The quantitative estimate of drug-likeness (QED) is 0.734. The van der Waals surface area contributed by atoms with Crippen LogP contribution in [0.3, 0.4) is 0 Å². The number of piperidine rings is 1. The van der Waals surface area contributed by atoms with E-state index in [1.807, 2.05) is 13.8 Å². The van der Waals surface area contributed by atoms with Gasteiger partial charge in [-0.05, 0) is 17.8 Å². The molecule has 1 atom stereocenters. The van der Waals surface area contributed by atoms with Crippen LogP contribution in [0.4, 0.5) is 0 Å². The minimum absolute atomic E-state index is 0.0516. The summed E-state index contributed by atoms with van der Waals surface area (Å²) in [5.41, 5.74) is -0.0516. The molecular formula is C11H21NO2. The number of hydrogen-bond donors (Lipinski definition) is 1. The van der Waals surface area contributed by atoms with Gasteiger partial charge in [-0.2, -0.15) is 0 Å². The van der Waals surface area contributed by atoms with Gasteiger partial charge in [-0.25, -0.2) is 0 Å².